The van der Waals surface area contributed by atoms with Gasteiger partial charge in [-0.3, -0.25) is 4.90 Å². The molecule has 1 nitrogen and oxygen atoms in total. The second-order valence-corrected chi connectivity index (χ2v) is 5.10. The van der Waals surface area contributed by atoms with E-state index < -0.39 is 0 Å². The maximum Gasteiger partial charge on any atom is 0.0294 e. The number of likely N-dealkylation sites (tertiary alicyclic amines) is 1. The van der Waals surface area contributed by atoms with Gasteiger partial charge in [0.2, 0.25) is 0 Å². The van der Waals surface area contributed by atoms with Gasteiger partial charge in [-0.25, -0.2) is 0 Å². The first-order chi connectivity index (χ1) is 5.20. The van der Waals surface area contributed by atoms with E-state index in [9.17, 15) is 0 Å². The minimum atomic E-state index is 0.766. The SMILES string of the molecule is C=C(Br)CN1CCC2(CC2)C1. The van der Waals surface area contributed by atoms with Gasteiger partial charge in [-0.2, -0.15) is 0 Å². The quantitative estimate of drug-likeness (QED) is 0.685. The molecule has 0 N–H and O–H groups in total. The van der Waals surface area contributed by atoms with E-state index in [1.165, 1.54) is 32.4 Å². The minimum absolute atomic E-state index is 0.766. The van der Waals surface area contributed by atoms with E-state index >= 15 is 0 Å². The Morgan fingerprint density at radius 1 is 1.45 bits per heavy atom. The van der Waals surface area contributed by atoms with Crippen molar-refractivity contribution in [3.8, 4) is 0 Å². The van der Waals surface area contributed by atoms with Crippen molar-refractivity contribution >= 4 is 15.9 Å². The van der Waals surface area contributed by atoms with Crippen LogP contribution in [0.25, 0.3) is 0 Å². The fourth-order valence-electron chi connectivity index (χ4n) is 1.99. The Labute approximate surface area is 76.6 Å². The summed E-state index contributed by atoms with van der Waals surface area (Å²) < 4.78 is 1.12. The van der Waals surface area contributed by atoms with Crippen molar-refractivity contribution in [2.75, 3.05) is 19.6 Å². The Morgan fingerprint density at radius 3 is 2.64 bits per heavy atom. The number of halogens is 1. The first kappa shape index (κ1) is 7.81. The van der Waals surface area contributed by atoms with Gasteiger partial charge in [-0.15, -0.1) is 0 Å². The van der Waals surface area contributed by atoms with E-state index in [0.717, 1.165) is 16.4 Å². The smallest absolute Gasteiger partial charge is 0.0294 e. The predicted octanol–water partition coefficient (Wildman–Crippen LogP) is 2.38. The highest BCUT2D eigenvalue weighted by molar-refractivity contribution is 9.11. The van der Waals surface area contributed by atoms with Gasteiger partial charge in [0, 0.05) is 17.6 Å². The summed E-state index contributed by atoms with van der Waals surface area (Å²) in [6.07, 6.45) is 4.36. The summed E-state index contributed by atoms with van der Waals surface area (Å²) >= 11 is 3.41. The third-order valence-electron chi connectivity index (χ3n) is 2.87. The van der Waals surface area contributed by atoms with Crippen LogP contribution >= 0.6 is 15.9 Å². The number of rotatable bonds is 2. The van der Waals surface area contributed by atoms with E-state index in [4.69, 9.17) is 0 Å². The third kappa shape index (κ3) is 1.67. The van der Waals surface area contributed by atoms with Crippen LogP contribution in [0.15, 0.2) is 11.1 Å². The van der Waals surface area contributed by atoms with Crippen LogP contribution in [0.1, 0.15) is 19.3 Å². The van der Waals surface area contributed by atoms with Crippen LogP contribution in [0, 0.1) is 5.41 Å². The van der Waals surface area contributed by atoms with Gasteiger partial charge < -0.3 is 0 Å². The van der Waals surface area contributed by atoms with Crippen molar-refractivity contribution in [2.45, 2.75) is 19.3 Å². The summed E-state index contributed by atoms with van der Waals surface area (Å²) in [6, 6.07) is 0. The van der Waals surface area contributed by atoms with Crippen molar-refractivity contribution in [2.24, 2.45) is 5.41 Å². The molecule has 1 aliphatic heterocycles. The van der Waals surface area contributed by atoms with E-state index in [1.54, 1.807) is 0 Å². The first-order valence-corrected chi connectivity index (χ1v) is 5.05. The Morgan fingerprint density at radius 2 is 2.18 bits per heavy atom. The molecular formula is C9H14BrN. The van der Waals surface area contributed by atoms with Crippen molar-refractivity contribution in [1.82, 2.24) is 4.90 Å². The highest BCUT2D eigenvalue weighted by Crippen LogP contribution is 2.52. The monoisotopic (exact) mass is 215 g/mol. The van der Waals surface area contributed by atoms with Gasteiger partial charge in [0.25, 0.3) is 0 Å². The summed E-state index contributed by atoms with van der Waals surface area (Å²) in [4.78, 5) is 2.50. The van der Waals surface area contributed by atoms with Crippen LogP contribution in [-0.4, -0.2) is 24.5 Å². The second kappa shape index (κ2) is 2.60. The van der Waals surface area contributed by atoms with Crippen LogP contribution in [0.2, 0.25) is 0 Å². The molecule has 0 atom stereocenters. The summed E-state index contributed by atoms with van der Waals surface area (Å²) in [6.45, 7) is 7.50. The second-order valence-electron chi connectivity index (χ2n) is 3.98. The fourth-order valence-corrected chi connectivity index (χ4v) is 2.34. The molecule has 1 heterocycles. The number of hydrogen-bond acceptors (Lipinski definition) is 1. The topological polar surface area (TPSA) is 3.24 Å². The lowest BCUT2D eigenvalue weighted by Gasteiger charge is -2.14. The fraction of sp³-hybridized carbons (Fsp3) is 0.778. The molecule has 11 heavy (non-hydrogen) atoms. The molecule has 2 fully saturated rings. The maximum absolute atomic E-state index is 3.86. The maximum atomic E-state index is 3.86. The summed E-state index contributed by atoms with van der Waals surface area (Å²) in [5, 5.41) is 0. The average molecular weight is 216 g/mol. The van der Waals surface area contributed by atoms with Gasteiger partial charge in [0.05, 0.1) is 0 Å². The van der Waals surface area contributed by atoms with Crippen LogP contribution < -0.4 is 0 Å². The van der Waals surface area contributed by atoms with Gasteiger partial charge in [-0.05, 0) is 31.2 Å². The van der Waals surface area contributed by atoms with Crippen LogP contribution in [0.5, 0.6) is 0 Å². The highest BCUT2D eigenvalue weighted by atomic mass is 79.9. The van der Waals surface area contributed by atoms with E-state index in [0.29, 0.717) is 0 Å². The molecule has 0 unspecified atom stereocenters. The molecule has 1 saturated heterocycles. The Hall–Kier alpha value is 0.180. The molecule has 0 radical (unpaired) electrons. The number of hydrogen-bond donors (Lipinski definition) is 0. The number of nitrogens with zero attached hydrogens (tertiary/aromatic N) is 1. The lowest BCUT2D eigenvalue weighted by molar-refractivity contribution is 0.352. The molecule has 62 valence electrons. The molecule has 0 aromatic rings. The highest BCUT2D eigenvalue weighted by Gasteiger charge is 2.47. The zero-order valence-corrected chi connectivity index (χ0v) is 8.36. The Balaban J connectivity index is 1.85. The lowest BCUT2D eigenvalue weighted by Crippen LogP contribution is -2.22. The molecule has 1 saturated carbocycles. The molecule has 0 bridgehead atoms. The van der Waals surface area contributed by atoms with Crippen molar-refractivity contribution in [1.29, 1.82) is 0 Å². The Bertz CT molecular complexity index is 184. The van der Waals surface area contributed by atoms with Crippen molar-refractivity contribution in [3.63, 3.8) is 0 Å². The minimum Gasteiger partial charge on any atom is -0.298 e. The van der Waals surface area contributed by atoms with Gasteiger partial charge in [0.15, 0.2) is 0 Å². The largest absolute Gasteiger partial charge is 0.298 e. The molecule has 1 spiro atoms. The molecule has 2 heteroatoms. The molecular weight excluding hydrogens is 202 g/mol. The molecule has 2 rings (SSSR count). The molecule has 1 aliphatic carbocycles. The lowest BCUT2D eigenvalue weighted by atomic mass is 10.1. The summed E-state index contributed by atoms with van der Waals surface area (Å²) in [5.41, 5.74) is 0.766. The van der Waals surface area contributed by atoms with Crippen molar-refractivity contribution in [3.05, 3.63) is 11.1 Å². The standard InChI is InChI=1S/C9H14BrN/c1-8(10)6-11-5-4-9(7-11)2-3-9/h1-7H2. The zero-order valence-electron chi connectivity index (χ0n) is 6.77. The molecule has 0 aromatic carbocycles. The summed E-state index contributed by atoms with van der Waals surface area (Å²) in [5.74, 6) is 0. The van der Waals surface area contributed by atoms with Gasteiger partial charge >= 0.3 is 0 Å². The van der Waals surface area contributed by atoms with Crippen LogP contribution in [0.4, 0.5) is 0 Å². The molecule has 0 aromatic heterocycles. The first-order valence-electron chi connectivity index (χ1n) is 4.26. The van der Waals surface area contributed by atoms with Crippen LogP contribution in [0.3, 0.4) is 0 Å². The van der Waals surface area contributed by atoms with E-state index in [-0.39, 0.29) is 0 Å². The van der Waals surface area contributed by atoms with Crippen LogP contribution in [-0.2, 0) is 0 Å². The Kier molecular flexibility index (Phi) is 1.84. The predicted molar refractivity (Wildman–Crippen MR) is 50.8 cm³/mol. The summed E-state index contributed by atoms with van der Waals surface area (Å²) in [7, 11) is 0. The van der Waals surface area contributed by atoms with E-state index in [2.05, 4.69) is 27.4 Å². The van der Waals surface area contributed by atoms with Gasteiger partial charge in [-0.1, -0.05) is 22.5 Å². The third-order valence-corrected chi connectivity index (χ3v) is 3.12. The van der Waals surface area contributed by atoms with Crippen molar-refractivity contribution < 1.29 is 0 Å². The van der Waals surface area contributed by atoms with Gasteiger partial charge in [0.1, 0.15) is 0 Å². The molecule has 2 aliphatic rings. The molecule has 0 amide bonds. The average Bonchev–Trinajstić information content (AvgIpc) is 2.51. The normalized spacial score (nSPS) is 27.7. The zero-order chi connectivity index (χ0) is 7.90. The van der Waals surface area contributed by atoms with E-state index in [1.807, 2.05) is 0 Å².